The summed E-state index contributed by atoms with van der Waals surface area (Å²) >= 11 is 0. The first-order valence-corrected chi connectivity index (χ1v) is 8.15. The van der Waals surface area contributed by atoms with Gasteiger partial charge in [-0.2, -0.15) is 9.78 Å². The van der Waals surface area contributed by atoms with E-state index in [9.17, 15) is 14.4 Å². The summed E-state index contributed by atoms with van der Waals surface area (Å²) in [5.41, 5.74) is 1.12. The van der Waals surface area contributed by atoms with Crippen molar-refractivity contribution < 1.29 is 14.3 Å². The number of hydrogen-bond acceptors (Lipinski definition) is 5. The van der Waals surface area contributed by atoms with Gasteiger partial charge in [0.1, 0.15) is 0 Å². The van der Waals surface area contributed by atoms with Crippen LogP contribution in [0.15, 0.2) is 65.5 Å². The van der Waals surface area contributed by atoms with Gasteiger partial charge in [-0.1, -0.05) is 18.2 Å². The topological polar surface area (TPSA) is 90.3 Å². The number of rotatable bonds is 5. The van der Waals surface area contributed by atoms with E-state index in [2.05, 4.69) is 10.4 Å². The monoisotopic (exact) mass is 363 g/mol. The van der Waals surface area contributed by atoms with Crippen LogP contribution in [0.2, 0.25) is 0 Å². The highest BCUT2D eigenvalue weighted by atomic mass is 16.5. The van der Waals surface area contributed by atoms with Gasteiger partial charge >= 0.3 is 0 Å². The molecule has 0 spiro atoms. The normalized spacial score (nSPS) is 10.3. The Bertz CT molecular complexity index is 1040. The number of ether oxygens (including phenoxy) is 1. The van der Waals surface area contributed by atoms with Crippen molar-refractivity contribution in [2.75, 3.05) is 12.4 Å². The molecule has 3 aromatic rings. The number of hydrogen-bond donors (Lipinski definition) is 1. The van der Waals surface area contributed by atoms with E-state index in [-0.39, 0.29) is 17.2 Å². The number of nitrogens with zero attached hydrogens (tertiary/aromatic N) is 2. The summed E-state index contributed by atoms with van der Waals surface area (Å²) < 4.78 is 6.28. The number of para-hydroxylation sites is 1. The lowest BCUT2D eigenvalue weighted by Gasteiger charge is -2.11. The molecule has 0 aliphatic carbocycles. The second kappa shape index (κ2) is 7.65. The summed E-state index contributed by atoms with van der Waals surface area (Å²) in [5, 5.41) is 6.86. The SMILES string of the molecule is COc1cc(=O)n(-c2ccccc2)nc1C(=O)Nc1ccc(C(C)=O)cc1. The summed E-state index contributed by atoms with van der Waals surface area (Å²) in [5.74, 6) is -0.525. The van der Waals surface area contributed by atoms with Crippen molar-refractivity contribution in [2.24, 2.45) is 0 Å². The van der Waals surface area contributed by atoms with Crippen molar-refractivity contribution in [1.82, 2.24) is 9.78 Å². The first-order valence-electron chi connectivity index (χ1n) is 8.15. The van der Waals surface area contributed by atoms with Crippen LogP contribution in [0.4, 0.5) is 5.69 Å². The lowest BCUT2D eigenvalue weighted by Crippen LogP contribution is -2.26. The van der Waals surface area contributed by atoms with Gasteiger partial charge in [0.2, 0.25) is 0 Å². The molecule has 0 aliphatic rings. The average molecular weight is 363 g/mol. The van der Waals surface area contributed by atoms with Crippen molar-refractivity contribution in [2.45, 2.75) is 6.92 Å². The number of benzene rings is 2. The van der Waals surface area contributed by atoms with Gasteiger partial charge in [-0.3, -0.25) is 14.4 Å². The van der Waals surface area contributed by atoms with Gasteiger partial charge in [0.15, 0.2) is 17.2 Å². The van der Waals surface area contributed by atoms with Crippen LogP contribution in [0.1, 0.15) is 27.8 Å². The zero-order valence-corrected chi connectivity index (χ0v) is 14.8. The molecule has 1 amide bonds. The molecule has 0 aliphatic heterocycles. The summed E-state index contributed by atoms with van der Waals surface area (Å²) in [6, 6.07) is 16.5. The highest BCUT2D eigenvalue weighted by Gasteiger charge is 2.18. The van der Waals surface area contributed by atoms with Gasteiger partial charge in [0.05, 0.1) is 18.9 Å². The third kappa shape index (κ3) is 3.92. The third-order valence-corrected chi connectivity index (χ3v) is 3.88. The fraction of sp³-hybridized carbons (Fsp3) is 0.100. The predicted octanol–water partition coefficient (Wildman–Crippen LogP) is 2.70. The molecule has 3 rings (SSSR count). The number of Topliss-reactive ketones (excluding diaryl/α,β-unsaturated/α-hetero) is 1. The lowest BCUT2D eigenvalue weighted by molar-refractivity contribution is 0.101. The number of carbonyl (C=O) groups is 2. The molecule has 0 radical (unpaired) electrons. The molecule has 136 valence electrons. The van der Waals surface area contributed by atoms with E-state index in [1.807, 2.05) is 6.07 Å². The molecule has 1 N–H and O–H groups in total. The minimum atomic E-state index is -0.535. The van der Waals surface area contributed by atoms with Gasteiger partial charge in [-0.25, -0.2) is 0 Å². The Kier molecular flexibility index (Phi) is 5.12. The zero-order valence-electron chi connectivity index (χ0n) is 14.8. The Hall–Kier alpha value is -3.74. The summed E-state index contributed by atoms with van der Waals surface area (Å²) in [6.45, 7) is 1.47. The molecular weight excluding hydrogens is 346 g/mol. The molecule has 27 heavy (non-hydrogen) atoms. The van der Waals surface area contributed by atoms with E-state index in [1.165, 1.54) is 20.1 Å². The van der Waals surface area contributed by atoms with Crippen LogP contribution in [-0.4, -0.2) is 28.6 Å². The quantitative estimate of drug-likeness (QED) is 0.704. The van der Waals surface area contributed by atoms with Crippen molar-refractivity contribution in [1.29, 1.82) is 0 Å². The smallest absolute Gasteiger partial charge is 0.279 e. The first kappa shape index (κ1) is 18.1. The maximum absolute atomic E-state index is 12.7. The number of nitrogens with one attached hydrogen (secondary N) is 1. The molecule has 0 bridgehead atoms. The number of carbonyl (C=O) groups excluding carboxylic acids is 2. The molecule has 0 unspecified atom stereocenters. The highest BCUT2D eigenvalue weighted by molar-refractivity contribution is 6.05. The van der Waals surface area contributed by atoms with E-state index in [4.69, 9.17) is 4.74 Å². The lowest BCUT2D eigenvalue weighted by atomic mass is 10.1. The summed E-state index contributed by atoms with van der Waals surface area (Å²) in [7, 11) is 1.36. The molecule has 0 atom stereocenters. The number of amides is 1. The number of aromatic nitrogens is 2. The van der Waals surface area contributed by atoms with E-state index < -0.39 is 11.5 Å². The van der Waals surface area contributed by atoms with Crippen molar-refractivity contribution in [3.8, 4) is 11.4 Å². The Labute approximate surface area is 155 Å². The summed E-state index contributed by atoms with van der Waals surface area (Å²) in [6.07, 6.45) is 0. The van der Waals surface area contributed by atoms with Crippen LogP contribution in [0.25, 0.3) is 5.69 Å². The minimum absolute atomic E-state index is 0.0309. The fourth-order valence-electron chi connectivity index (χ4n) is 2.49. The van der Waals surface area contributed by atoms with Crippen LogP contribution >= 0.6 is 0 Å². The molecule has 2 aromatic carbocycles. The van der Waals surface area contributed by atoms with Crippen LogP contribution in [0.5, 0.6) is 5.75 Å². The van der Waals surface area contributed by atoms with E-state index in [0.29, 0.717) is 16.9 Å². The van der Waals surface area contributed by atoms with Crippen molar-refractivity contribution in [3.05, 3.63) is 82.3 Å². The standard InChI is InChI=1S/C20H17N3O4/c1-13(24)14-8-10-15(11-9-14)21-20(26)19-17(27-2)12-18(25)23(22-19)16-6-4-3-5-7-16/h3-12H,1-2H3,(H,21,26). The molecular formula is C20H17N3O4. The molecule has 1 aromatic heterocycles. The van der Waals surface area contributed by atoms with E-state index >= 15 is 0 Å². The fourth-order valence-corrected chi connectivity index (χ4v) is 2.49. The molecule has 7 heteroatoms. The van der Waals surface area contributed by atoms with Crippen molar-refractivity contribution in [3.63, 3.8) is 0 Å². The van der Waals surface area contributed by atoms with Gasteiger partial charge < -0.3 is 10.1 Å². The van der Waals surface area contributed by atoms with Gasteiger partial charge in [0.25, 0.3) is 11.5 Å². The third-order valence-electron chi connectivity index (χ3n) is 3.88. The second-order valence-electron chi connectivity index (χ2n) is 5.73. The Morgan fingerprint density at radius 1 is 1.04 bits per heavy atom. The number of methoxy groups -OCH3 is 1. The van der Waals surface area contributed by atoms with Gasteiger partial charge in [-0.15, -0.1) is 0 Å². The Balaban J connectivity index is 1.95. The Morgan fingerprint density at radius 3 is 2.30 bits per heavy atom. The summed E-state index contributed by atoms with van der Waals surface area (Å²) in [4.78, 5) is 36.3. The van der Waals surface area contributed by atoms with E-state index in [1.54, 1.807) is 48.5 Å². The maximum atomic E-state index is 12.7. The number of ketones is 1. The maximum Gasteiger partial charge on any atom is 0.279 e. The first-order chi connectivity index (χ1) is 13.0. The molecule has 0 saturated carbocycles. The van der Waals surface area contributed by atoms with Crippen LogP contribution in [0.3, 0.4) is 0 Å². The van der Waals surface area contributed by atoms with Crippen LogP contribution < -0.4 is 15.6 Å². The van der Waals surface area contributed by atoms with Gasteiger partial charge in [-0.05, 0) is 43.3 Å². The molecule has 7 nitrogen and oxygen atoms in total. The molecule has 0 fully saturated rings. The predicted molar refractivity (Wildman–Crippen MR) is 101 cm³/mol. The Morgan fingerprint density at radius 2 is 1.70 bits per heavy atom. The van der Waals surface area contributed by atoms with Gasteiger partial charge in [0, 0.05) is 11.3 Å². The average Bonchev–Trinajstić information content (AvgIpc) is 2.68. The minimum Gasteiger partial charge on any atom is -0.494 e. The van der Waals surface area contributed by atoms with Crippen LogP contribution in [0, 0.1) is 0 Å². The second-order valence-corrected chi connectivity index (χ2v) is 5.73. The molecule has 0 saturated heterocycles. The number of anilines is 1. The largest absolute Gasteiger partial charge is 0.494 e. The highest BCUT2D eigenvalue weighted by Crippen LogP contribution is 2.17. The van der Waals surface area contributed by atoms with Crippen molar-refractivity contribution >= 4 is 17.4 Å². The van der Waals surface area contributed by atoms with Crippen LogP contribution in [-0.2, 0) is 0 Å². The zero-order chi connectivity index (χ0) is 19.4. The molecule has 1 heterocycles. The van der Waals surface area contributed by atoms with E-state index in [0.717, 1.165) is 4.68 Å².